The van der Waals surface area contributed by atoms with E-state index in [4.69, 9.17) is 5.11 Å². The predicted molar refractivity (Wildman–Crippen MR) is 33.4 cm³/mol. The first-order chi connectivity index (χ1) is 5.38. The molecule has 6 heteroatoms. The normalized spacial score (nSPS) is 38.2. The molecule has 0 aromatic rings. The van der Waals surface area contributed by atoms with Gasteiger partial charge in [-0.15, -0.1) is 0 Å². The van der Waals surface area contributed by atoms with Crippen LogP contribution in [0.15, 0.2) is 0 Å². The summed E-state index contributed by atoms with van der Waals surface area (Å²) in [5, 5.41) is 11.4. The van der Waals surface area contributed by atoms with Crippen LogP contribution in [0.3, 0.4) is 0 Å². The van der Waals surface area contributed by atoms with Crippen LogP contribution < -0.4 is 5.32 Å². The Morgan fingerprint density at radius 2 is 2.00 bits per heavy atom. The van der Waals surface area contributed by atoms with Gasteiger partial charge >= 0.3 is 6.18 Å². The molecule has 2 N–H and O–H groups in total. The van der Waals surface area contributed by atoms with Crippen LogP contribution in [0.4, 0.5) is 17.6 Å². The van der Waals surface area contributed by atoms with E-state index in [1.807, 2.05) is 0 Å². The van der Waals surface area contributed by atoms with Crippen LogP contribution in [0.5, 0.6) is 0 Å². The minimum Gasteiger partial charge on any atom is -0.378 e. The Labute approximate surface area is 66.6 Å². The summed E-state index contributed by atoms with van der Waals surface area (Å²) in [7, 11) is 0. The lowest BCUT2D eigenvalue weighted by Crippen LogP contribution is -2.60. The van der Waals surface area contributed by atoms with E-state index in [-0.39, 0.29) is 6.54 Å². The summed E-state index contributed by atoms with van der Waals surface area (Å²) in [5.74, 6) is 0. The summed E-state index contributed by atoms with van der Waals surface area (Å²) in [6, 6.07) is 0. The molecule has 0 aromatic carbocycles. The molecule has 0 unspecified atom stereocenters. The number of alkyl halides is 4. The van der Waals surface area contributed by atoms with Crippen molar-refractivity contribution in [2.75, 3.05) is 13.1 Å². The van der Waals surface area contributed by atoms with Gasteiger partial charge in [-0.25, -0.2) is 4.39 Å². The van der Waals surface area contributed by atoms with E-state index >= 15 is 0 Å². The van der Waals surface area contributed by atoms with Crippen molar-refractivity contribution in [3.05, 3.63) is 0 Å². The monoisotopic (exact) mass is 187 g/mol. The molecule has 0 saturated carbocycles. The number of hydrogen-bond donors (Lipinski definition) is 2. The van der Waals surface area contributed by atoms with Crippen molar-refractivity contribution >= 4 is 0 Å². The van der Waals surface area contributed by atoms with Crippen LogP contribution in [0.25, 0.3) is 0 Å². The lowest BCUT2D eigenvalue weighted by molar-refractivity contribution is -0.286. The molecular formula is C6H9F4NO. The van der Waals surface area contributed by atoms with Crippen molar-refractivity contribution in [2.24, 2.45) is 0 Å². The van der Waals surface area contributed by atoms with E-state index in [9.17, 15) is 17.6 Å². The quantitative estimate of drug-likeness (QED) is 0.544. The van der Waals surface area contributed by atoms with Gasteiger partial charge in [0.15, 0.2) is 11.8 Å². The van der Waals surface area contributed by atoms with Crippen LogP contribution >= 0.6 is 0 Å². The second kappa shape index (κ2) is 2.85. The minimum absolute atomic E-state index is 0.0174. The highest BCUT2D eigenvalue weighted by atomic mass is 19.4. The fourth-order valence-corrected chi connectivity index (χ4v) is 1.15. The number of nitrogens with one attached hydrogen (secondary N) is 1. The third-order valence-corrected chi connectivity index (χ3v) is 2.02. The second-order valence-electron chi connectivity index (χ2n) is 2.84. The summed E-state index contributed by atoms with van der Waals surface area (Å²) in [4.78, 5) is 0. The van der Waals surface area contributed by atoms with Crippen LogP contribution in [-0.4, -0.2) is 36.1 Å². The van der Waals surface area contributed by atoms with E-state index in [2.05, 4.69) is 5.32 Å². The summed E-state index contributed by atoms with van der Waals surface area (Å²) in [6.07, 6.45) is -7.78. The topological polar surface area (TPSA) is 32.3 Å². The van der Waals surface area contributed by atoms with Gasteiger partial charge in [0, 0.05) is 13.0 Å². The van der Waals surface area contributed by atoms with Crippen molar-refractivity contribution in [3.8, 4) is 0 Å². The third kappa shape index (κ3) is 1.40. The maximum atomic E-state index is 12.7. The Morgan fingerprint density at radius 1 is 1.42 bits per heavy atom. The standard InChI is InChI=1S/C6H9F4NO/c7-4-3-11-2-1-5(4,12)6(8,9)10/h4,11-12H,1-3H2/t4-,5-/m0/s1. The smallest absolute Gasteiger partial charge is 0.378 e. The molecule has 72 valence electrons. The number of aliphatic hydroxyl groups is 1. The highest BCUT2D eigenvalue weighted by Crippen LogP contribution is 2.38. The van der Waals surface area contributed by atoms with Crippen LogP contribution in [-0.2, 0) is 0 Å². The molecule has 2 atom stereocenters. The van der Waals surface area contributed by atoms with E-state index in [1.54, 1.807) is 0 Å². The Morgan fingerprint density at radius 3 is 2.33 bits per heavy atom. The van der Waals surface area contributed by atoms with Crippen molar-refractivity contribution in [3.63, 3.8) is 0 Å². The highest BCUT2D eigenvalue weighted by molar-refractivity contribution is 4.97. The molecule has 1 aliphatic heterocycles. The van der Waals surface area contributed by atoms with Gasteiger partial charge in [0.2, 0.25) is 0 Å². The van der Waals surface area contributed by atoms with Crippen LogP contribution in [0, 0.1) is 0 Å². The van der Waals surface area contributed by atoms with E-state index in [0.29, 0.717) is 0 Å². The molecule has 1 fully saturated rings. The Kier molecular flexibility index (Phi) is 2.31. The first-order valence-corrected chi connectivity index (χ1v) is 3.52. The third-order valence-electron chi connectivity index (χ3n) is 2.02. The zero-order valence-electron chi connectivity index (χ0n) is 6.16. The molecule has 0 spiro atoms. The first kappa shape index (κ1) is 9.73. The van der Waals surface area contributed by atoms with Gasteiger partial charge in [-0.1, -0.05) is 0 Å². The van der Waals surface area contributed by atoms with Gasteiger partial charge in [-0.05, 0) is 6.54 Å². The van der Waals surface area contributed by atoms with Crippen molar-refractivity contribution in [2.45, 2.75) is 24.4 Å². The van der Waals surface area contributed by atoms with Gasteiger partial charge < -0.3 is 10.4 Å². The molecule has 0 aromatic heterocycles. The van der Waals surface area contributed by atoms with E-state index in [0.717, 1.165) is 0 Å². The number of hydrogen-bond acceptors (Lipinski definition) is 2. The zero-order chi connectivity index (χ0) is 9.41. The van der Waals surface area contributed by atoms with E-state index < -0.39 is 30.9 Å². The maximum absolute atomic E-state index is 12.7. The minimum atomic E-state index is -4.88. The summed E-state index contributed by atoms with van der Waals surface area (Å²) in [5.41, 5.74) is -3.15. The molecule has 1 rings (SSSR count). The highest BCUT2D eigenvalue weighted by Gasteiger charge is 2.59. The largest absolute Gasteiger partial charge is 0.420 e. The number of piperidine rings is 1. The lowest BCUT2D eigenvalue weighted by atomic mass is 9.90. The fourth-order valence-electron chi connectivity index (χ4n) is 1.15. The molecule has 0 aliphatic carbocycles. The van der Waals surface area contributed by atoms with Crippen molar-refractivity contribution in [1.29, 1.82) is 0 Å². The van der Waals surface area contributed by atoms with Crippen molar-refractivity contribution in [1.82, 2.24) is 5.32 Å². The molecule has 1 heterocycles. The van der Waals surface area contributed by atoms with Crippen LogP contribution in [0.1, 0.15) is 6.42 Å². The van der Waals surface area contributed by atoms with E-state index in [1.165, 1.54) is 0 Å². The molecule has 0 radical (unpaired) electrons. The molecular weight excluding hydrogens is 178 g/mol. The molecule has 0 amide bonds. The average molecular weight is 187 g/mol. The van der Waals surface area contributed by atoms with Gasteiger partial charge in [0.05, 0.1) is 0 Å². The first-order valence-electron chi connectivity index (χ1n) is 3.52. The lowest BCUT2D eigenvalue weighted by Gasteiger charge is -2.36. The van der Waals surface area contributed by atoms with Gasteiger partial charge in [0.1, 0.15) is 0 Å². The summed E-state index contributed by atoms with van der Waals surface area (Å²) >= 11 is 0. The zero-order valence-corrected chi connectivity index (χ0v) is 6.16. The summed E-state index contributed by atoms with van der Waals surface area (Å²) in [6.45, 7) is -0.466. The van der Waals surface area contributed by atoms with Gasteiger partial charge in [-0.3, -0.25) is 0 Å². The molecule has 1 saturated heterocycles. The Bertz CT molecular complexity index is 171. The molecule has 2 nitrogen and oxygen atoms in total. The number of rotatable bonds is 0. The molecule has 1 aliphatic rings. The fraction of sp³-hybridized carbons (Fsp3) is 1.00. The maximum Gasteiger partial charge on any atom is 0.420 e. The van der Waals surface area contributed by atoms with Gasteiger partial charge in [-0.2, -0.15) is 13.2 Å². The Hall–Kier alpha value is -0.360. The predicted octanol–water partition coefficient (Wildman–Crippen LogP) is 0.611. The Balaban J connectivity index is 2.79. The van der Waals surface area contributed by atoms with Crippen LogP contribution in [0.2, 0.25) is 0 Å². The second-order valence-corrected chi connectivity index (χ2v) is 2.84. The van der Waals surface area contributed by atoms with Crippen molar-refractivity contribution < 1.29 is 22.7 Å². The summed E-state index contributed by atoms with van der Waals surface area (Å²) < 4.78 is 48.9. The molecule has 12 heavy (non-hydrogen) atoms. The SMILES string of the molecule is O[C@@]1(C(F)(F)F)CCNC[C@@H]1F. The molecule has 0 bridgehead atoms. The number of halogens is 4. The van der Waals surface area contributed by atoms with Gasteiger partial charge in [0.25, 0.3) is 0 Å². The average Bonchev–Trinajstić information content (AvgIpc) is 1.93.